The van der Waals surface area contributed by atoms with Crippen LogP contribution in [0, 0.1) is 28.6 Å². The number of nitrogens with zero attached hydrogens (tertiary/aromatic N) is 3. The largest absolute Gasteiger partial charge is 0.394 e. The highest BCUT2D eigenvalue weighted by Gasteiger charge is 2.55. The van der Waals surface area contributed by atoms with Crippen LogP contribution < -0.4 is 5.32 Å². The van der Waals surface area contributed by atoms with Gasteiger partial charge < -0.3 is 10.3 Å². The first kappa shape index (κ1) is 28.7. The molecule has 5 nitrogen and oxygen atoms in total. The molecule has 1 heterocycles. The van der Waals surface area contributed by atoms with E-state index in [1.165, 1.54) is 32.1 Å². The van der Waals surface area contributed by atoms with E-state index in [4.69, 9.17) is 5.41 Å². The first-order chi connectivity index (χ1) is 18.1. The lowest BCUT2D eigenvalue weighted by molar-refractivity contribution is -0.200. The van der Waals surface area contributed by atoms with Gasteiger partial charge in [0, 0.05) is 57.1 Å². The molecule has 1 spiro atoms. The van der Waals surface area contributed by atoms with Gasteiger partial charge in [0.05, 0.1) is 12.1 Å². The summed E-state index contributed by atoms with van der Waals surface area (Å²) in [5.74, 6) is -0.491. The van der Waals surface area contributed by atoms with E-state index in [9.17, 15) is 17.6 Å². The van der Waals surface area contributed by atoms with Crippen molar-refractivity contribution >= 4 is 5.71 Å². The molecule has 38 heavy (non-hydrogen) atoms. The second-order valence-electron chi connectivity index (χ2n) is 13.3. The molecular formula is C29H49F4N5. The van der Waals surface area contributed by atoms with Gasteiger partial charge in [0.25, 0.3) is 0 Å². The number of halogens is 4. The molecule has 0 aromatic carbocycles. The predicted molar refractivity (Wildman–Crippen MR) is 143 cm³/mol. The minimum absolute atomic E-state index is 0.0124. The molecule has 5 rings (SSSR count). The number of fused-ring (bicyclic) bond motifs is 2. The van der Waals surface area contributed by atoms with Gasteiger partial charge >= 0.3 is 6.18 Å². The van der Waals surface area contributed by atoms with Gasteiger partial charge in [-0.05, 0) is 102 Å². The van der Waals surface area contributed by atoms with E-state index in [1.807, 2.05) is 0 Å². The Labute approximate surface area is 226 Å². The van der Waals surface area contributed by atoms with Gasteiger partial charge in [-0.15, -0.1) is 0 Å². The molecule has 0 radical (unpaired) electrons. The van der Waals surface area contributed by atoms with Crippen LogP contribution in [0.15, 0.2) is 0 Å². The monoisotopic (exact) mass is 543 g/mol. The third-order valence-electron chi connectivity index (χ3n) is 11.3. The number of rotatable bonds is 7. The molecule has 4 aliphatic carbocycles. The lowest BCUT2D eigenvalue weighted by atomic mass is 9.66. The van der Waals surface area contributed by atoms with Crippen LogP contribution >= 0.6 is 0 Å². The summed E-state index contributed by atoms with van der Waals surface area (Å²) in [7, 11) is 2.16. The number of piperazine rings is 1. The van der Waals surface area contributed by atoms with Gasteiger partial charge in [-0.1, -0.05) is 0 Å². The van der Waals surface area contributed by atoms with E-state index in [-0.39, 0.29) is 25.0 Å². The number of alkyl halides is 4. The fourth-order valence-corrected chi connectivity index (χ4v) is 8.96. The number of hydrogen-bond donors (Lipinski definition) is 2. The summed E-state index contributed by atoms with van der Waals surface area (Å²) < 4.78 is 54.7. The molecule has 0 aromatic heterocycles. The quantitative estimate of drug-likeness (QED) is 0.338. The zero-order valence-corrected chi connectivity index (χ0v) is 23.4. The highest BCUT2D eigenvalue weighted by molar-refractivity contribution is 5.82. The topological polar surface area (TPSA) is 45.6 Å². The first-order valence-electron chi connectivity index (χ1n) is 15.3. The minimum Gasteiger partial charge on any atom is -0.310 e. The Hall–Kier alpha value is -0.770. The second kappa shape index (κ2) is 11.6. The summed E-state index contributed by atoms with van der Waals surface area (Å²) in [5.41, 5.74) is 1.32. The maximum Gasteiger partial charge on any atom is 0.394 e. The Morgan fingerprint density at radius 3 is 2.42 bits per heavy atom. The molecule has 2 N–H and O–H groups in total. The van der Waals surface area contributed by atoms with Gasteiger partial charge in [0.1, 0.15) is 6.17 Å². The average molecular weight is 544 g/mol. The molecule has 9 heteroatoms. The van der Waals surface area contributed by atoms with E-state index in [0.717, 1.165) is 70.2 Å². The maximum atomic E-state index is 14.2. The van der Waals surface area contributed by atoms with Crippen molar-refractivity contribution in [2.24, 2.45) is 23.2 Å². The van der Waals surface area contributed by atoms with Crippen molar-refractivity contribution in [3.05, 3.63) is 0 Å². The average Bonchev–Trinajstić information content (AvgIpc) is 3.45. The van der Waals surface area contributed by atoms with Crippen molar-refractivity contribution in [1.82, 2.24) is 20.0 Å². The molecule has 5 aliphatic rings. The summed E-state index contributed by atoms with van der Waals surface area (Å²) in [4.78, 5) is 7.49. The Morgan fingerprint density at radius 2 is 1.74 bits per heavy atom. The van der Waals surface area contributed by atoms with Crippen LogP contribution in [0.5, 0.6) is 0 Å². The van der Waals surface area contributed by atoms with Crippen molar-refractivity contribution in [1.29, 1.82) is 5.41 Å². The highest BCUT2D eigenvalue weighted by atomic mass is 19.4. The zero-order valence-electron chi connectivity index (χ0n) is 23.4. The minimum atomic E-state index is -4.47. The van der Waals surface area contributed by atoms with Gasteiger partial charge in [0.2, 0.25) is 0 Å². The van der Waals surface area contributed by atoms with E-state index in [2.05, 4.69) is 34.0 Å². The molecule has 1 aliphatic heterocycles. The number of nitrogens with one attached hydrogen (secondary N) is 2. The Balaban J connectivity index is 1.27. The van der Waals surface area contributed by atoms with Crippen LogP contribution in [0.4, 0.5) is 17.6 Å². The maximum absolute atomic E-state index is 14.2. The molecule has 7 unspecified atom stereocenters. The molecule has 7 atom stereocenters. The molecule has 5 fully saturated rings. The second-order valence-corrected chi connectivity index (χ2v) is 13.3. The van der Waals surface area contributed by atoms with Crippen LogP contribution in [-0.2, 0) is 0 Å². The van der Waals surface area contributed by atoms with Crippen LogP contribution in [0.25, 0.3) is 0 Å². The van der Waals surface area contributed by atoms with Gasteiger partial charge in [-0.2, -0.15) is 13.2 Å². The standard InChI is InChI=1S/C29H49F4N5/c1-20(35-22-3-5-26(30)25(19-22)29(31,32)33)38(18-17-37-15-13-36(2)14-16-37)27-6-4-24-23(27)9-12-28(24)10-7-21(34)8-11-28/h20,22-27,34-35H,3-19H2,1-2H3. The van der Waals surface area contributed by atoms with Crippen molar-refractivity contribution < 1.29 is 17.6 Å². The molecule has 0 bridgehead atoms. The van der Waals surface area contributed by atoms with Crippen molar-refractivity contribution in [3.63, 3.8) is 0 Å². The lowest BCUT2D eigenvalue weighted by Crippen LogP contribution is -2.57. The third-order valence-corrected chi connectivity index (χ3v) is 11.3. The first-order valence-corrected chi connectivity index (χ1v) is 15.3. The van der Waals surface area contributed by atoms with E-state index >= 15 is 0 Å². The van der Waals surface area contributed by atoms with Crippen LogP contribution in [-0.4, -0.2) is 97.3 Å². The van der Waals surface area contributed by atoms with Crippen LogP contribution in [0.3, 0.4) is 0 Å². The van der Waals surface area contributed by atoms with Crippen molar-refractivity contribution in [3.8, 4) is 0 Å². The van der Waals surface area contributed by atoms with Gasteiger partial charge in [-0.25, -0.2) is 4.39 Å². The summed E-state index contributed by atoms with van der Waals surface area (Å²) in [6.45, 7) is 8.31. The Morgan fingerprint density at radius 1 is 1.03 bits per heavy atom. The molecule has 1 saturated heterocycles. The van der Waals surface area contributed by atoms with E-state index < -0.39 is 18.3 Å². The van der Waals surface area contributed by atoms with Gasteiger partial charge in [-0.3, -0.25) is 15.1 Å². The molecule has 0 amide bonds. The molecule has 218 valence electrons. The SMILES string of the molecule is CC(NC1CCC(F)C(C(F)(F)F)C1)N(CCN1CCN(C)CC1)C1CCC2C1CCC21CCC(=N)CC1. The summed E-state index contributed by atoms with van der Waals surface area (Å²) in [5, 5.41) is 11.7. The summed E-state index contributed by atoms with van der Waals surface area (Å²) in [6, 6.07) is 0.151. The van der Waals surface area contributed by atoms with Crippen molar-refractivity contribution in [2.45, 2.75) is 108 Å². The molecular weight excluding hydrogens is 494 g/mol. The fraction of sp³-hybridized carbons (Fsp3) is 0.966. The van der Waals surface area contributed by atoms with Crippen LogP contribution in [0.1, 0.15) is 77.6 Å². The van der Waals surface area contributed by atoms with E-state index in [1.54, 1.807) is 0 Å². The van der Waals surface area contributed by atoms with Crippen molar-refractivity contribution in [2.75, 3.05) is 46.3 Å². The molecule has 0 aromatic rings. The fourth-order valence-electron chi connectivity index (χ4n) is 8.96. The van der Waals surface area contributed by atoms with Crippen LogP contribution in [0.2, 0.25) is 0 Å². The zero-order chi connectivity index (χ0) is 27.1. The third kappa shape index (κ3) is 6.10. The number of likely N-dealkylation sites (N-methyl/N-ethyl adjacent to an activating group) is 1. The highest BCUT2D eigenvalue weighted by Crippen LogP contribution is 2.61. The Bertz CT molecular complexity index is 803. The normalized spacial score (nSPS) is 40.2. The summed E-state index contributed by atoms with van der Waals surface area (Å²) >= 11 is 0. The Kier molecular flexibility index (Phi) is 8.78. The molecule has 4 saturated carbocycles. The smallest absolute Gasteiger partial charge is 0.310 e. The van der Waals surface area contributed by atoms with E-state index in [0.29, 0.717) is 23.8 Å². The summed E-state index contributed by atoms with van der Waals surface area (Å²) in [6.07, 6.45) is 3.17. The predicted octanol–water partition coefficient (Wildman–Crippen LogP) is 5.31. The lowest BCUT2D eigenvalue weighted by Gasteiger charge is -2.43. The van der Waals surface area contributed by atoms with Gasteiger partial charge in [0.15, 0.2) is 0 Å². The number of hydrogen-bond acceptors (Lipinski definition) is 5.